The number of rotatable bonds is 6. The zero-order valence-corrected chi connectivity index (χ0v) is 14.5. The minimum absolute atomic E-state index is 0.00875. The van der Waals surface area contributed by atoms with Gasteiger partial charge in [-0.1, -0.05) is 12.1 Å². The number of carboxylic acids is 1. The van der Waals surface area contributed by atoms with Crippen LogP contribution in [0.1, 0.15) is 48.3 Å². The molecule has 2 N–H and O–H groups in total. The molecular weight excluding hydrogens is 306 g/mol. The molecule has 0 aliphatic heterocycles. The Morgan fingerprint density at radius 1 is 1.29 bits per heavy atom. The van der Waals surface area contributed by atoms with Gasteiger partial charge in [0.15, 0.2) is 0 Å². The van der Waals surface area contributed by atoms with E-state index in [1.165, 1.54) is 0 Å². The second kappa shape index (κ2) is 6.86. The quantitative estimate of drug-likeness (QED) is 0.853. The lowest BCUT2D eigenvalue weighted by Crippen LogP contribution is -2.43. The third-order valence-corrected chi connectivity index (χ3v) is 3.92. The number of aromatic nitrogens is 2. The molecule has 0 radical (unpaired) electrons. The zero-order valence-electron chi connectivity index (χ0n) is 14.5. The molecule has 1 amide bonds. The number of nitrogens with zero attached hydrogens (tertiary/aromatic N) is 2. The van der Waals surface area contributed by atoms with Crippen LogP contribution in [0.15, 0.2) is 30.5 Å². The number of carbonyl (C=O) groups is 2. The van der Waals surface area contributed by atoms with Gasteiger partial charge in [0.1, 0.15) is 0 Å². The monoisotopic (exact) mass is 329 g/mol. The molecule has 0 fully saturated rings. The molecule has 0 bridgehead atoms. The van der Waals surface area contributed by atoms with Crippen LogP contribution in [0.2, 0.25) is 0 Å². The molecule has 6 heteroatoms. The molecule has 0 unspecified atom stereocenters. The van der Waals surface area contributed by atoms with Gasteiger partial charge in [-0.2, -0.15) is 5.10 Å². The molecule has 1 aromatic carbocycles. The van der Waals surface area contributed by atoms with Gasteiger partial charge in [-0.15, -0.1) is 0 Å². The Morgan fingerprint density at radius 3 is 2.62 bits per heavy atom. The topological polar surface area (TPSA) is 84.2 Å². The van der Waals surface area contributed by atoms with Crippen molar-refractivity contribution >= 4 is 11.9 Å². The Morgan fingerprint density at radius 2 is 2.00 bits per heavy atom. The van der Waals surface area contributed by atoms with E-state index in [-0.39, 0.29) is 12.3 Å². The van der Waals surface area contributed by atoms with E-state index in [2.05, 4.69) is 10.4 Å². The van der Waals surface area contributed by atoms with Crippen molar-refractivity contribution in [3.63, 3.8) is 0 Å². The number of aliphatic carboxylic acids is 1. The summed E-state index contributed by atoms with van der Waals surface area (Å²) in [6.07, 6.45) is 1.91. The Hall–Kier alpha value is -2.63. The molecule has 0 aliphatic rings. The van der Waals surface area contributed by atoms with Gasteiger partial charge in [0.25, 0.3) is 5.91 Å². The van der Waals surface area contributed by atoms with Crippen molar-refractivity contribution in [1.82, 2.24) is 15.1 Å². The van der Waals surface area contributed by atoms with Crippen molar-refractivity contribution in [3.05, 3.63) is 47.3 Å². The molecule has 0 aliphatic carbocycles. The summed E-state index contributed by atoms with van der Waals surface area (Å²) >= 11 is 0. The van der Waals surface area contributed by atoms with E-state index < -0.39 is 11.5 Å². The molecule has 1 aromatic heterocycles. The fourth-order valence-electron chi connectivity index (χ4n) is 2.51. The number of hydrogen-bond donors (Lipinski definition) is 2. The first-order valence-corrected chi connectivity index (χ1v) is 7.85. The van der Waals surface area contributed by atoms with Crippen LogP contribution in [-0.2, 0) is 4.79 Å². The summed E-state index contributed by atoms with van der Waals surface area (Å²) in [4.78, 5) is 23.2. The largest absolute Gasteiger partial charge is 0.481 e. The summed E-state index contributed by atoms with van der Waals surface area (Å²) < 4.78 is 1.73. The summed E-state index contributed by atoms with van der Waals surface area (Å²) in [6.45, 7) is 7.47. The van der Waals surface area contributed by atoms with Crippen LogP contribution < -0.4 is 5.32 Å². The smallest absolute Gasteiger partial charge is 0.303 e. The van der Waals surface area contributed by atoms with Crippen molar-refractivity contribution in [2.45, 2.75) is 46.1 Å². The maximum Gasteiger partial charge on any atom is 0.303 e. The van der Waals surface area contributed by atoms with E-state index in [1.54, 1.807) is 10.9 Å². The summed E-state index contributed by atoms with van der Waals surface area (Å²) in [5, 5.41) is 16.0. The molecule has 0 saturated heterocycles. The zero-order chi connectivity index (χ0) is 17.9. The van der Waals surface area contributed by atoms with Gasteiger partial charge in [-0.05, 0) is 51.8 Å². The third kappa shape index (κ3) is 4.22. The van der Waals surface area contributed by atoms with Crippen LogP contribution >= 0.6 is 0 Å². The molecule has 6 nitrogen and oxygen atoms in total. The summed E-state index contributed by atoms with van der Waals surface area (Å²) in [7, 11) is 0. The SMILES string of the molecule is Cc1cccc(-n2ncc(C(=O)NC(C)(C)CCC(=O)O)c2C)c1. The lowest BCUT2D eigenvalue weighted by atomic mass is 9.98. The highest BCUT2D eigenvalue weighted by molar-refractivity contribution is 5.95. The summed E-state index contributed by atoms with van der Waals surface area (Å²) in [5.74, 6) is -1.12. The molecule has 24 heavy (non-hydrogen) atoms. The average Bonchev–Trinajstić information content (AvgIpc) is 2.87. The number of nitrogens with one attached hydrogen (secondary N) is 1. The van der Waals surface area contributed by atoms with Crippen LogP contribution in [0.4, 0.5) is 0 Å². The minimum atomic E-state index is -0.874. The number of carbonyl (C=O) groups excluding carboxylic acids is 1. The Bertz CT molecular complexity index is 763. The van der Waals surface area contributed by atoms with Gasteiger partial charge >= 0.3 is 5.97 Å². The van der Waals surface area contributed by atoms with E-state index in [0.29, 0.717) is 12.0 Å². The lowest BCUT2D eigenvalue weighted by molar-refractivity contribution is -0.137. The van der Waals surface area contributed by atoms with Crippen molar-refractivity contribution in [1.29, 1.82) is 0 Å². The Kier molecular flexibility index (Phi) is 5.07. The second-order valence-electron chi connectivity index (χ2n) is 6.63. The van der Waals surface area contributed by atoms with Crippen molar-refractivity contribution < 1.29 is 14.7 Å². The predicted molar refractivity (Wildman–Crippen MR) is 91.5 cm³/mol. The van der Waals surface area contributed by atoms with Crippen LogP contribution in [0.25, 0.3) is 5.69 Å². The molecule has 1 heterocycles. The maximum absolute atomic E-state index is 12.5. The Labute approximate surface area is 141 Å². The Balaban J connectivity index is 2.18. The molecule has 128 valence electrons. The molecule has 2 aromatic rings. The van der Waals surface area contributed by atoms with Gasteiger partial charge in [0.2, 0.25) is 0 Å². The van der Waals surface area contributed by atoms with Gasteiger partial charge in [0, 0.05) is 12.0 Å². The summed E-state index contributed by atoms with van der Waals surface area (Å²) in [6, 6.07) is 7.88. The second-order valence-corrected chi connectivity index (χ2v) is 6.63. The van der Waals surface area contributed by atoms with E-state index in [9.17, 15) is 9.59 Å². The minimum Gasteiger partial charge on any atom is -0.481 e. The number of hydrogen-bond acceptors (Lipinski definition) is 3. The maximum atomic E-state index is 12.5. The molecule has 0 saturated carbocycles. The first-order valence-electron chi connectivity index (χ1n) is 7.85. The average molecular weight is 329 g/mol. The van der Waals surface area contributed by atoms with E-state index in [1.807, 2.05) is 52.0 Å². The summed E-state index contributed by atoms with van der Waals surface area (Å²) in [5.41, 5.74) is 2.64. The van der Waals surface area contributed by atoms with Gasteiger partial charge < -0.3 is 10.4 Å². The van der Waals surface area contributed by atoms with Crippen molar-refractivity contribution in [2.75, 3.05) is 0 Å². The first kappa shape index (κ1) is 17.7. The fraction of sp³-hybridized carbons (Fsp3) is 0.389. The van der Waals surface area contributed by atoms with Crippen LogP contribution in [0.3, 0.4) is 0 Å². The van der Waals surface area contributed by atoms with Gasteiger partial charge in [0.05, 0.1) is 23.1 Å². The first-order chi connectivity index (χ1) is 11.2. The molecule has 0 spiro atoms. The fourth-order valence-corrected chi connectivity index (χ4v) is 2.51. The predicted octanol–water partition coefficient (Wildman–Crippen LogP) is 2.86. The highest BCUT2D eigenvalue weighted by Gasteiger charge is 2.24. The standard InChI is InChI=1S/C18H23N3O3/c1-12-6-5-7-14(10-12)21-13(2)15(11-19-21)17(24)20-18(3,4)9-8-16(22)23/h5-7,10-11H,8-9H2,1-4H3,(H,20,24)(H,22,23). The molecule has 2 rings (SSSR count). The normalized spacial score (nSPS) is 11.3. The van der Waals surface area contributed by atoms with Crippen LogP contribution in [0, 0.1) is 13.8 Å². The lowest BCUT2D eigenvalue weighted by Gasteiger charge is -2.25. The number of carboxylic acid groups (broad SMARTS) is 1. The van der Waals surface area contributed by atoms with Crippen molar-refractivity contribution in [3.8, 4) is 5.69 Å². The molecular formula is C18H23N3O3. The molecule has 0 atom stereocenters. The van der Waals surface area contributed by atoms with Gasteiger partial charge in [-0.25, -0.2) is 4.68 Å². The number of amides is 1. The van der Waals surface area contributed by atoms with Gasteiger partial charge in [-0.3, -0.25) is 9.59 Å². The van der Waals surface area contributed by atoms with E-state index in [0.717, 1.165) is 16.9 Å². The van der Waals surface area contributed by atoms with Crippen molar-refractivity contribution in [2.24, 2.45) is 0 Å². The van der Waals surface area contributed by atoms with E-state index >= 15 is 0 Å². The highest BCUT2D eigenvalue weighted by Crippen LogP contribution is 2.17. The third-order valence-electron chi connectivity index (χ3n) is 3.92. The number of aryl methyl sites for hydroxylation is 1. The van der Waals surface area contributed by atoms with E-state index in [4.69, 9.17) is 5.11 Å². The highest BCUT2D eigenvalue weighted by atomic mass is 16.4. The van der Waals surface area contributed by atoms with Crippen LogP contribution in [0.5, 0.6) is 0 Å². The number of benzene rings is 1. The van der Waals surface area contributed by atoms with Crippen LogP contribution in [-0.4, -0.2) is 32.3 Å².